The zero-order valence-corrected chi connectivity index (χ0v) is 16.4. The van der Waals surface area contributed by atoms with Crippen molar-refractivity contribution in [3.63, 3.8) is 0 Å². The van der Waals surface area contributed by atoms with Crippen LogP contribution in [0.4, 0.5) is 0 Å². The van der Waals surface area contributed by atoms with Crippen LogP contribution in [-0.2, 0) is 4.43 Å². The summed E-state index contributed by atoms with van der Waals surface area (Å²) in [4.78, 5) is 0. The molecular formula is C13H32OSi3. The summed E-state index contributed by atoms with van der Waals surface area (Å²) in [5.74, 6) is 0.789. The van der Waals surface area contributed by atoms with Gasteiger partial charge in [-0.05, 0) is 38.4 Å². The Morgan fingerprint density at radius 1 is 1.06 bits per heavy atom. The van der Waals surface area contributed by atoms with E-state index in [0.717, 1.165) is 5.92 Å². The van der Waals surface area contributed by atoms with Gasteiger partial charge in [-0.3, -0.25) is 0 Å². The molecule has 1 heterocycles. The number of rotatable bonds is 2. The van der Waals surface area contributed by atoms with Crippen molar-refractivity contribution < 1.29 is 4.43 Å². The van der Waals surface area contributed by atoms with Gasteiger partial charge in [0.25, 0.3) is 0 Å². The predicted molar refractivity (Wildman–Crippen MR) is 86.2 cm³/mol. The number of hydrogen-bond donors (Lipinski definition) is 0. The van der Waals surface area contributed by atoms with Crippen molar-refractivity contribution in [2.24, 2.45) is 5.92 Å². The summed E-state index contributed by atoms with van der Waals surface area (Å²) in [6.45, 7) is 22.5. The molecule has 0 aromatic rings. The van der Waals surface area contributed by atoms with Gasteiger partial charge in [-0.1, -0.05) is 40.0 Å². The zero-order valence-electron chi connectivity index (χ0n) is 13.4. The molecule has 1 fully saturated rings. The van der Waals surface area contributed by atoms with Gasteiger partial charge in [0.05, 0.1) is 7.11 Å². The molecule has 0 aromatic heterocycles. The van der Waals surface area contributed by atoms with Gasteiger partial charge in [0.15, 0.2) is 7.83 Å². The highest BCUT2D eigenvalue weighted by Gasteiger charge is 2.62. The Labute approximate surface area is 111 Å². The van der Waals surface area contributed by atoms with E-state index < -0.39 is 22.5 Å². The third-order valence-electron chi connectivity index (χ3n) is 5.18. The molecule has 1 nitrogen and oxygen atoms in total. The lowest BCUT2D eigenvalue weighted by Crippen LogP contribution is -2.78. The van der Waals surface area contributed by atoms with Crippen molar-refractivity contribution in [2.75, 3.05) is 0 Å². The molecule has 0 bridgehead atoms. The van der Waals surface area contributed by atoms with Gasteiger partial charge >= 0.3 is 0 Å². The van der Waals surface area contributed by atoms with Crippen LogP contribution >= 0.6 is 0 Å². The van der Waals surface area contributed by atoms with E-state index in [1.54, 1.807) is 0 Å². The molecule has 102 valence electrons. The number of hydrogen-bond acceptors (Lipinski definition) is 1. The highest BCUT2D eigenvalue weighted by Crippen LogP contribution is 2.46. The van der Waals surface area contributed by atoms with Gasteiger partial charge in [-0.2, -0.15) is 0 Å². The van der Waals surface area contributed by atoms with Crippen molar-refractivity contribution >= 4 is 22.5 Å². The van der Waals surface area contributed by atoms with E-state index in [-0.39, 0.29) is 5.60 Å². The minimum atomic E-state index is -1.50. The summed E-state index contributed by atoms with van der Waals surface area (Å²) in [6, 6.07) is 2.73. The second-order valence-electron chi connectivity index (χ2n) is 8.38. The zero-order chi connectivity index (χ0) is 13.7. The van der Waals surface area contributed by atoms with Crippen LogP contribution in [0.1, 0.15) is 27.7 Å². The van der Waals surface area contributed by atoms with Crippen molar-refractivity contribution in [1.29, 1.82) is 0 Å². The molecule has 1 aliphatic heterocycles. The summed E-state index contributed by atoms with van der Waals surface area (Å²) >= 11 is 0. The maximum absolute atomic E-state index is 6.76. The fourth-order valence-corrected chi connectivity index (χ4v) is 38.1. The van der Waals surface area contributed by atoms with Crippen molar-refractivity contribution in [3.05, 3.63) is 0 Å². The maximum atomic E-state index is 6.76. The van der Waals surface area contributed by atoms with E-state index in [1.807, 2.05) is 0 Å². The molecule has 4 heteroatoms. The molecule has 0 aliphatic carbocycles. The van der Waals surface area contributed by atoms with Gasteiger partial charge in [-0.25, -0.2) is 0 Å². The Morgan fingerprint density at radius 2 is 1.53 bits per heavy atom. The van der Waals surface area contributed by atoms with Crippen LogP contribution in [0.15, 0.2) is 0 Å². The first-order valence-corrected chi connectivity index (χ1v) is 17.9. The first-order chi connectivity index (χ1) is 7.33. The molecule has 0 amide bonds. The summed E-state index contributed by atoms with van der Waals surface area (Å²) in [6.07, 6.45) is 0. The first-order valence-electron chi connectivity index (χ1n) is 7.03. The average molecular weight is 289 g/mol. The monoisotopic (exact) mass is 288 g/mol. The molecule has 1 saturated heterocycles. The van der Waals surface area contributed by atoms with Crippen LogP contribution in [0.25, 0.3) is 0 Å². The van der Waals surface area contributed by atoms with Crippen LogP contribution in [0.2, 0.25) is 44.8 Å². The molecule has 1 rings (SSSR count). The minimum Gasteiger partial charge on any atom is -0.415 e. The summed E-state index contributed by atoms with van der Waals surface area (Å²) in [5, 5.41) is 0. The van der Waals surface area contributed by atoms with E-state index in [4.69, 9.17) is 4.43 Å². The van der Waals surface area contributed by atoms with Crippen molar-refractivity contribution in [3.8, 4) is 0 Å². The topological polar surface area (TPSA) is 9.23 Å². The first kappa shape index (κ1) is 15.7. The Balaban J connectivity index is 3.17. The lowest BCUT2D eigenvalue weighted by molar-refractivity contribution is 0.119. The third-order valence-corrected chi connectivity index (χ3v) is 45.9. The van der Waals surface area contributed by atoms with Crippen LogP contribution in [0, 0.1) is 5.92 Å². The molecule has 1 unspecified atom stereocenters. The van der Waals surface area contributed by atoms with E-state index >= 15 is 0 Å². The van der Waals surface area contributed by atoms with Crippen LogP contribution < -0.4 is 0 Å². The second-order valence-corrected chi connectivity index (χ2v) is 35.1. The van der Waals surface area contributed by atoms with Gasteiger partial charge < -0.3 is 4.43 Å². The molecule has 17 heavy (non-hydrogen) atoms. The van der Waals surface area contributed by atoms with Gasteiger partial charge in [0.1, 0.15) is 0 Å². The SMILES string of the molecule is CC(C)C[Si]1(C)OC(C)(C)C[Si](C)(C)[Si]1(C)C. The summed E-state index contributed by atoms with van der Waals surface area (Å²) in [5.41, 5.74) is 0.147. The molecule has 0 spiro atoms. The maximum Gasteiger partial charge on any atom is 0.175 e. The lowest BCUT2D eigenvalue weighted by Gasteiger charge is -2.59. The Kier molecular flexibility index (Phi) is 3.98. The second kappa shape index (κ2) is 4.32. The summed E-state index contributed by atoms with van der Waals surface area (Å²) < 4.78 is 6.76. The Bertz CT molecular complexity index is 297. The summed E-state index contributed by atoms with van der Waals surface area (Å²) in [7, 11) is -3.75. The molecule has 0 N–H and O–H groups in total. The van der Waals surface area contributed by atoms with E-state index in [2.05, 4.69) is 60.4 Å². The third kappa shape index (κ3) is 2.80. The largest absolute Gasteiger partial charge is 0.415 e. The normalized spacial score (nSPS) is 34.9. The van der Waals surface area contributed by atoms with Crippen LogP contribution in [0.5, 0.6) is 0 Å². The quantitative estimate of drug-likeness (QED) is 0.675. The standard InChI is InChI=1S/C13H32OSi3/c1-12(2)10-17(9)14-13(3,4)11-15(5,6)16(17,7)8/h12H,10-11H2,1-9H3. The molecular weight excluding hydrogens is 256 g/mol. The Morgan fingerprint density at radius 3 is 1.94 bits per heavy atom. The lowest BCUT2D eigenvalue weighted by atomic mass is 10.2. The van der Waals surface area contributed by atoms with Crippen LogP contribution in [0.3, 0.4) is 0 Å². The van der Waals surface area contributed by atoms with Gasteiger partial charge in [0.2, 0.25) is 0 Å². The van der Waals surface area contributed by atoms with E-state index in [9.17, 15) is 0 Å². The minimum absolute atomic E-state index is 0.147. The highest BCUT2D eigenvalue weighted by molar-refractivity contribution is 7.67. The molecule has 0 saturated carbocycles. The molecule has 0 radical (unpaired) electrons. The van der Waals surface area contributed by atoms with Crippen molar-refractivity contribution in [1.82, 2.24) is 0 Å². The molecule has 1 atom stereocenters. The van der Waals surface area contributed by atoms with Gasteiger partial charge in [0, 0.05) is 13.2 Å². The predicted octanol–water partition coefficient (Wildman–Crippen LogP) is 4.60. The average Bonchev–Trinajstić information content (AvgIpc) is 1.95. The molecule has 0 aromatic carbocycles. The fourth-order valence-electron chi connectivity index (χ4n) is 3.85. The fraction of sp³-hybridized carbons (Fsp3) is 1.00. The highest BCUT2D eigenvalue weighted by atomic mass is 29.6. The van der Waals surface area contributed by atoms with Crippen LogP contribution in [-0.4, -0.2) is 28.1 Å². The molecule has 1 aliphatic rings. The van der Waals surface area contributed by atoms with Crippen molar-refractivity contribution in [2.45, 2.75) is 78.1 Å². The Hall–Kier alpha value is 0.611. The smallest absolute Gasteiger partial charge is 0.175 e. The van der Waals surface area contributed by atoms with Gasteiger partial charge in [-0.15, -0.1) is 0 Å². The van der Waals surface area contributed by atoms with E-state index in [0.29, 0.717) is 0 Å². The van der Waals surface area contributed by atoms with E-state index in [1.165, 1.54) is 12.1 Å².